The van der Waals surface area contributed by atoms with Crippen molar-refractivity contribution in [2.24, 2.45) is 0 Å². The van der Waals surface area contributed by atoms with E-state index in [-0.39, 0.29) is 18.0 Å². The zero-order valence-electron chi connectivity index (χ0n) is 17.3. The molecule has 29 heavy (non-hydrogen) atoms. The number of pyridine rings is 1. The van der Waals surface area contributed by atoms with E-state index in [2.05, 4.69) is 17.1 Å². The van der Waals surface area contributed by atoms with Crippen molar-refractivity contribution in [2.45, 2.75) is 33.7 Å². The molecule has 2 aromatic carbocycles. The molecule has 0 unspecified atom stereocenters. The second kappa shape index (κ2) is 9.52. The van der Waals surface area contributed by atoms with Gasteiger partial charge in [0.2, 0.25) is 0 Å². The third-order valence-corrected chi connectivity index (χ3v) is 4.96. The molecule has 152 valence electrons. The minimum absolute atomic E-state index is 0.0815. The van der Waals surface area contributed by atoms with Crippen molar-refractivity contribution in [3.63, 3.8) is 0 Å². The Morgan fingerprint density at radius 1 is 1.10 bits per heavy atom. The molecule has 5 nitrogen and oxygen atoms in total. The SMILES string of the molecule is CCOCCCN(Cc1cc2cc(C)cc(C)c2[nH]c1=O)C(=O)c1ccccc1. The Morgan fingerprint density at radius 3 is 2.59 bits per heavy atom. The van der Waals surface area contributed by atoms with Gasteiger partial charge in [-0.25, -0.2) is 0 Å². The Balaban J connectivity index is 1.91. The number of aromatic nitrogens is 1. The first-order chi connectivity index (χ1) is 14.0. The summed E-state index contributed by atoms with van der Waals surface area (Å²) in [6, 6.07) is 15.2. The van der Waals surface area contributed by atoms with E-state index < -0.39 is 0 Å². The monoisotopic (exact) mass is 392 g/mol. The van der Waals surface area contributed by atoms with Crippen LogP contribution in [-0.4, -0.2) is 35.5 Å². The zero-order valence-corrected chi connectivity index (χ0v) is 17.3. The lowest BCUT2D eigenvalue weighted by atomic mass is 10.0. The Kier molecular flexibility index (Phi) is 6.83. The van der Waals surface area contributed by atoms with Crippen LogP contribution in [0, 0.1) is 13.8 Å². The summed E-state index contributed by atoms with van der Waals surface area (Å²) in [6.45, 7) is 8.00. The molecule has 5 heteroatoms. The average Bonchev–Trinajstić information content (AvgIpc) is 2.71. The maximum Gasteiger partial charge on any atom is 0.254 e. The molecule has 0 aliphatic rings. The van der Waals surface area contributed by atoms with Crippen LogP contribution in [0.3, 0.4) is 0 Å². The van der Waals surface area contributed by atoms with Gasteiger partial charge < -0.3 is 14.6 Å². The van der Waals surface area contributed by atoms with Gasteiger partial charge in [-0.2, -0.15) is 0 Å². The molecule has 0 radical (unpaired) electrons. The number of hydrogen-bond acceptors (Lipinski definition) is 3. The number of H-pyrrole nitrogens is 1. The normalized spacial score (nSPS) is 11.0. The molecule has 0 atom stereocenters. The summed E-state index contributed by atoms with van der Waals surface area (Å²) in [6.07, 6.45) is 0.718. The Labute approximate surface area is 171 Å². The molecule has 0 bridgehead atoms. The number of fused-ring (bicyclic) bond motifs is 1. The first-order valence-corrected chi connectivity index (χ1v) is 10.0. The second-order valence-electron chi connectivity index (χ2n) is 7.31. The third-order valence-electron chi connectivity index (χ3n) is 4.96. The third kappa shape index (κ3) is 5.12. The van der Waals surface area contributed by atoms with Gasteiger partial charge in [-0.1, -0.05) is 29.8 Å². The number of hydrogen-bond donors (Lipinski definition) is 1. The number of carbonyl (C=O) groups excluding carboxylic acids is 1. The Hall–Kier alpha value is -2.92. The number of rotatable bonds is 8. The van der Waals surface area contributed by atoms with E-state index in [1.807, 2.05) is 45.0 Å². The van der Waals surface area contributed by atoms with Crippen molar-refractivity contribution >= 4 is 16.8 Å². The van der Waals surface area contributed by atoms with Crippen LogP contribution in [0.2, 0.25) is 0 Å². The van der Waals surface area contributed by atoms with Gasteiger partial charge in [0.25, 0.3) is 11.5 Å². The van der Waals surface area contributed by atoms with Gasteiger partial charge >= 0.3 is 0 Å². The highest BCUT2D eigenvalue weighted by molar-refractivity contribution is 5.94. The van der Waals surface area contributed by atoms with E-state index in [9.17, 15) is 9.59 Å². The molecule has 0 saturated heterocycles. The van der Waals surface area contributed by atoms with Crippen LogP contribution in [0.15, 0.2) is 53.3 Å². The summed E-state index contributed by atoms with van der Waals surface area (Å²) in [7, 11) is 0. The highest BCUT2D eigenvalue weighted by atomic mass is 16.5. The molecule has 0 saturated carbocycles. The molecule has 0 spiro atoms. The van der Waals surface area contributed by atoms with E-state index in [0.29, 0.717) is 30.9 Å². The maximum atomic E-state index is 13.1. The topological polar surface area (TPSA) is 62.4 Å². The molecule has 1 amide bonds. The van der Waals surface area contributed by atoms with Gasteiger partial charge in [-0.05, 0) is 62.4 Å². The maximum absolute atomic E-state index is 13.1. The molecule has 1 aromatic heterocycles. The average molecular weight is 392 g/mol. The van der Waals surface area contributed by atoms with Gasteiger partial charge in [0.05, 0.1) is 12.1 Å². The van der Waals surface area contributed by atoms with Crippen LogP contribution in [0.4, 0.5) is 0 Å². The van der Waals surface area contributed by atoms with Crippen molar-refractivity contribution in [3.05, 3.63) is 81.1 Å². The standard InChI is InChI=1S/C24H28N2O3/c1-4-29-12-8-11-26(24(28)19-9-6-5-7-10-19)16-21-15-20-14-17(2)13-18(3)22(20)25-23(21)27/h5-7,9-10,13-15H,4,8,11-12,16H2,1-3H3,(H,25,27). The van der Waals surface area contributed by atoms with E-state index in [4.69, 9.17) is 4.74 Å². The number of nitrogens with one attached hydrogen (secondary N) is 1. The van der Waals surface area contributed by atoms with E-state index in [1.54, 1.807) is 17.0 Å². The Morgan fingerprint density at radius 2 is 1.86 bits per heavy atom. The number of benzene rings is 2. The molecular weight excluding hydrogens is 364 g/mol. The first-order valence-electron chi connectivity index (χ1n) is 10.0. The minimum Gasteiger partial charge on any atom is -0.382 e. The van der Waals surface area contributed by atoms with E-state index >= 15 is 0 Å². The van der Waals surface area contributed by atoms with Crippen LogP contribution in [0.1, 0.15) is 40.4 Å². The van der Waals surface area contributed by atoms with E-state index in [0.717, 1.165) is 28.5 Å². The summed E-state index contributed by atoms with van der Waals surface area (Å²) < 4.78 is 5.42. The van der Waals surface area contributed by atoms with Crippen LogP contribution < -0.4 is 5.56 Å². The molecule has 1 N–H and O–H groups in total. The van der Waals surface area contributed by atoms with Crippen molar-refractivity contribution < 1.29 is 9.53 Å². The van der Waals surface area contributed by atoms with Gasteiger partial charge in [-0.3, -0.25) is 9.59 Å². The van der Waals surface area contributed by atoms with Gasteiger partial charge in [-0.15, -0.1) is 0 Å². The Bertz CT molecular complexity index is 1040. The smallest absolute Gasteiger partial charge is 0.254 e. The summed E-state index contributed by atoms with van der Waals surface area (Å²) in [4.78, 5) is 30.5. The molecule has 3 aromatic rings. The van der Waals surface area contributed by atoms with Crippen molar-refractivity contribution in [1.82, 2.24) is 9.88 Å². The highest BCUT2D eigenvalue weighted by Crippen LogP contribution is 2.19. The van der Waals surface area contributed by atoms with Crippen LogP contribution in [0.5, 0.6) is 0 Å². The first kappa shape index (κ1) is 20.8. The number of nitrogens with zero attached hydrogens (tertiary/aromatic N) is 1. The number of carbonyl (C=O) groups is 1. The minimum atomic E-state index is -0.153. The van der Waals surface area contributed by atoms with Crippen molar-refractivity contribution in [2.75, 3.05) is 19.8 Å². The van der Waals surface area contributed by atoms with Crippen LogP contribution in [0.25, 0.3) is 10.9 Å². The summed E-state index contributed by atoms with van der Waals surface area (Å²) >= 11 is 0. The molecule has 0 aliphatic heterocycles. The quantitative estimate of drug-likeness (QED) is 0.584. The molecular formula is C24H28N2O3. The largest absolute Gasteiger partial charge is 0.382 e. The lowest BCUT2D eigenvalue weighted by Gasteiger charge is -2.23. The molecule has 0 aliphatic carbocycles. The second-order valence-corrected chi connectivity index (χ2v) is 7.31. The van der Waals surface area contributed by atoms with Crippen LogP contribution >= 0.6 is 0 Å². The van der Waals surface area contributed by atoms with Gasteiger partial charge in [0.15, 0.2) is 0 Å². The number of aromatic amines is 1. The molecule has 0 fully saturated rings. The summed E-state index contributed by atoms with van der Waals surface area (Å²) in [5.74, 6) is -0.0815. The fourth-order valence-corrected chi connectivity index (χ4v) is 3.57. The zero-order chi connectivity index (χ0) is 20.8. The van der Waals surface area contributed by atoms with Crippen molar-refractivity contribution in [1.29, 1.82) is 0 Å². The van der Waals surface area contributed by atoms with Crippen molar-refractivity contribution in [3.8, 4) is 0 Å². The lowest BCUT2D eigenvalue weighted by molar-refractivity contribution is 0.0711. The highest BCUT2D eigenvalue weighted by Gasteiger charge is 2.18. The number of aryl methyl sites for hydroxylation is 2. The summed E-state index contributed by atoms with van der Waals surface area (Å²) in [5.41, 5.74) is 4.08. The van der Waals surface area contributed by atoms with Crippen LogP contribution in [-0.2, 0) is 11.3 Å². The fraction of sp³-hybridized carbons (Fsp3) is 0.333. The predicted octanol–water partition coefficient (Wildman–Crippen LogP) is 4.21. The molecule has 1 heterocycles. The number of ether oxygens (including phenoxy) is 1. The van der Waals surface area contributed by atoms with Gasteiger partial charge in [0.1, 0.15) is 0 Å². The lowest BCUT2D eigenvalue weighted by Crippen LogP contribution is -2.34. The number of amides is 1. The van der Waals surface area contributed by atoms with Gasteiger partial charge in [0, 0.05) is 30.9 Å². The summed E-state index contributed by atoms with van der Waals surface area (Å²) in [5, 5.41) is 0.985. The molecule has 3 rings (SSSR count). The fourth-order valence-electron chi connectivity index (χ4n) is 3.57. The van der Waals surface area contributed by atoms with E-state index in [1.165, 1.54) is 0 Å². The predicted molar refractivity (Wildman–Crippen MR) is 116 cm³/mol.